The molecule has 0 bridgehead atoms. The molecule has 0 aliphatic carbocycles. The van der Waals surface area contributed by atoms with Crippen LogP contribution in [0, 0.1) is 13.8 Å². The quantitative estimate of drug-likeness (QED) is 0.703. The number of benzene rings is 2. The van der Waals surface area contributed by atoms with Crippen LogP contribution in [0.15, 0.2) is 48.5 Å². The van der Waals surface area contributed by atoms with Crippen molar-refractivity contribution < 1.29 is 14.3 Å². The maximum absolute atomic E-state index is 12.7. The van der Waals surface area contributed by atoms with Gasteiger partial charge >= 0.3 is 0 Å². The van der Waals surface area contributed by atoms with E-state index in [-0.39, 0.29) is 11.9 Å². The van der Waals surface area contributed by atoms with E-state index in [0.29, 0.717) is 17.1 Å². The molecule has 1 amide bonds. The maximum Gasteiger partial charge on any atom is 0.251 e. The number of aryl methyl sites for hydroxylation is 2. The molecule has 1 N–H and O–H groups in total. The van der Waals surface area contributed by atoms with Gasteiger partial charge in [-0.1, -0.05) is 0 Å². The van der Waals surface area contributed by atoms with Crippen LogP contribution in [0.5, 0.6) is 11.5 Å². The zero-order valence-corrected chi connectivity index (χ0v) is 16.8. The smallest absolute Gasteiger partial charge is 0.251 e. The van der Waals surface area contributed by atoms with Gasteiger partial charge < -0.3 is 14.8 Å². The van der Waals surface area contributed by atoms with Crippen molar-refractivity contribution >= 4 is 5.91 Å². The zero-order valence-electron chi connectivity index (χ0n) is 16.8. The van der Waals surface area contributed by atoms with Crippen LogP contribution in [0.3, 0.4) is 0 Å². The molecule has 146 valence electrons. The van der Waals surface area contributed by atoms with Crippen LogP contribution in [0.25, 0.3) is 5.69 Å². The summed E-state index contributed by atoms with van der Waals surface area (Å²) in [6.45, 7) is 5.89. The molecular weight excluding hydrogens is 354 g/mol. The number of rotatable bonds is 6. The SMILES string of the molecule is COc1ccc(C(C)NC(=O)c2ccc(-n3nc(C)cc3C)cc2)c(OC)c1. The predicted octanol–water partition coefficient (Wildman–Crippen LogP) is 4.00. The lowest BCUT2D eigenvalue weighted by atomic mass is 10.1. The van der Waals surface area contributed by atoms with Gasteiger partial charge in [-0.15, -0.1) is 0 Å². The Hall–Kier alpha value is -3.28. The van der Waals surface area contributed by atoms with Crippen molar-refractivity contribution in [3.63, 3.8) is 0 Å². The highest BCUT2D eigenvalue weighted by molar-refractivity contribution is 5.94. The molecule has 0 aliphatic heterocycles. The number of nitrogens with zero attached hydrogens (tertiary/aromatic N) is 2. The molecule has 0 saturated carbocycles. The molecule has 0 spiro atoms. The largest absolute Gasteiger partial charge is 0.497 e. The first-order chi connectivity index (χ1) is 13.4. The van der Waals surface area contributed by atoms with Gasteiger partial charge in [-0.25, -0.2) is 4.68 Å². The van der Waals surface area contributed by atoms with E-state index < -0.39 is 0 Å². The van der Waals surface area contributed by atoms with Crippen molar-refractivity contribution in [3.8, 4) is 17.2 Å². The molecule has 2 aromatic carbocycles. The van der Waals surface area contributed by atoms with Crippen molar-refractivity contribution in [1.82, 2.24) is 15.1 Å². The fourth-order valence-electron chi connectivity index (χ4n) is 3.18. The lowest BCUT2D eigenvalue weighted by molar-refractivity contribution is 0.0939. The Bertz CT molecular complexity index is 977. The molecule has 6 heteroatoms. The van der Waals surface area contributed by atoms with Crippen LogP contribution in [-0.4, -0.2) is 29.9 Å². The second-order valence-electron chi connectivity index (χ2n) is 6.69. The van der Waals surface area contributed by atoms with Gasteiger partial charge in [-0.3, -0.25) is 4.79 Å². The summed E-state index contributed by atoms with van der Waals surface area (Å²) >= 11 is 0. The van der Waals surface area contributed by atoms with Crippen molar-refractivity contribution in [2.24, 2.45) is 0 Å². The first-order valence-electron chi connectivity index (χ1n) is 9.09. The topological polar surface area (TPSA) is 65.4 Å². The van der Waals surface area contributed by atoms with E-state index in [1.54, 1.807) is 32.4 Å². The molecule has 1 atom stereocenters. The highest BCUT2D eigenvalue weighted by Crippen LogP contribution is 2.29. The third-order valence-electron chi connectivity index (χ3n) is 4.64. The summed E-state index contributed by atoms with van der Waals surface area (Å²) < 4.78 is 12.5. The van der Waals surface area contributed by atoms with Gasteiger partial charge in [0.2, 0.25) is 0 Å². The number of aromatic nitrogens is 2. The Morgan fingerprint density at radius 2 is 1.75 bits per heavy atom. The molecule has 6 nitrogen and oxygen atoms in total. The third-order valence-corrected chi connectivity index (χ3v) is 4.64. The minimum atomic E-state index is -0.218. The number of hydrogen-bond acceptors (Lipinski definition) is 4. The number of methoxy groups -OCH3 is 2. The molecule has 0 fully saturated rings. The van der Waals surface area contributed by atoms with E-state index in [0.717, 1.165) is 22.6 Å². The molecule has 1 heterocycles. The Morgan fingerprint density at radius 3 is 2.32 bits per heavy atom. The van der Waals surface area contributed by atoms with E-state index in [4.69, 9.17) is 9.47 Å². The molecule has 0 radical (unpaired) electrons. The van der Waals surface area contributed by atoms with E-state index in [1.807, 2.05) is 55.8 Å². The van der Waals surface area contributed by atoms with Crippen molar-refractivity contribution in [2.45, 2.75) is 26.8 Å². The Balaban J connectivity index is 1.75. The number of carbonyl (C=O) groups excluding carboxylic acids is 1. The van der Waals surface area contributed by atoms with Crippen LogP contribution >= 0.6 is 0 Å². The standard InChI is InChI=1S/C22H25N3O3/c1-14-12-15(2)25(24-14)18-8-6-17(7-9-18)22(26)23-16(3)20-11-10-19(27-4)13-21(20)28-5/h6-13,16H,1-5H3,(H,23,26). The van der Waals surface area contributed by atoms with Crippen molar-refractivity contribution in [3.05, 3.63) is 71.0 Å². The number of amides is 1. The number of nitrogens with one attached hydrogen (secondary N) is 1. The van der Waals surface area contributed by atoms with Gasteiger partial charge in [-0.05, 0) is 63.2 Å². The van der Waals surface area contributed by atoms with Gasteiger partial charge in [0.05, 0.1) is 31.6 Å². The molecule has 1 unspecified atom stereocenters. The summed E-state index contributed by atoms with van der Waals surface area (Å²) in [7, 11) is 3.21. The minimum absolute atomic E-state index is 0.148. The molecule has 1 aromatic heterocycles. The second-order valence-corrected chi connectivity index (χ2v) is 6.69. The van der Waals surface area contributed by atoms with Gasteiger partial charge in [0.1, 0.15) is 11.5 Å². The number of ether oxygens (including phenoxy) is 2. The number of carbonyl (C=O) groups is 1. The Labute approximate surface area is 165 Å². The van der Waals surface area contributed by atoms with Crippen LogP contribution < -0.4 is 14.8 Å². The van der Waals surface area contributed by atoms with Gasteiger partial charge in [-0.2, -0.15) is 5.10 Å². The summed E-state index contributed by atoms with van der Waals surface area (Å²) in [6, 6.07) is 14.8. The minimum Gasteiger partial charge on any atom is -0.497 e. The van der Waals surface area contributed by atoms with Crippen LogP contribution in [0.4, 0.5) is 0 Å². The summed E-state index contributed by atoms with van der Waals surface area (Å²) in [5.41, 5.74) is 4.41. The molecule has 0 aliphatic rings. The van der Waals surface area contributed by atoms with E-state index in [1.165, 1.54) is 0 Å². The van der Waals surface area contributed by atoms with E-state index >= 15 is 0 Å². The summed E-state index contributed by atoms with van der Waals surface area (Å²) in [4.78, 5) is 12.7. The zero-order chi connectivity index (χ0) is 20.3. The highest BCUT2D eigenvalue weighted by Gasteiger charge is 2.16. The summed E-state index contributed by atoms with van der Waals surface area (Å²) in [5.74, 6) is 1.23. The number of hydrogen-bond donors (Lipinski definition) is 1. The molecule has 28 heavy (non-hydrogen) atoms. The predicted molar refractivity (Wildman–Crippen MR) is 108 cm³/mol. The lowest BCUT2D eigenvalue weighted by Gasteiger charge is -2.18. The summed E-state index contributed by atoms with van der Waals surface area (Å²) in [6.07, 6.45) is 0. The second kappa shape index (κ2) is 8.17. The lowest BCUT2D eigenvalue weighted by Crippen LogP contribution is -2.27. The molecule has 3 rings (SSSR count). The average molecular weight is 379 g/mol. The van der Waals surface area contributed by atoms with Crippen LogP contribution in [-0.2, 0) is 0 Å². The average Bonchev–Trinajstić information content (AvgIpc) is 3.05. The van der Waals surface area contributed by atoms with E-state index in [9.17, 15) is 4.79 Å². The Kier molecular flexibility index (Phi) is 5.68. The first kappa shape index (κ1) is 19.5. The summed E-state index contributed by atoms with van der Waals surface area (Å²) in [5, 5.41) is 7.49. The third kappa shape index (κ3) is 4.01. The molecule has 0 saturated heterocycles. The van der Waals surface area contributed by atoms with Crippen LogP contribution in [0.1, 0.15) is 40.3 Å². The van der Waals surface area contributed by atoms with Gasteiger partial charge in [0.25, 0.3) is 5.91 Å². The Morgan fingerprint density at radius 1 is 1.04 bits per heavy atom. The van der Waals surface area contributed by atoms with Crippen molar-refractivity contribution in [2.75, 3.05) is 14.2 Å². The monoisotopic (exact) mass is 379 g/mol. The fraction of sp³-hybridized carbons (Fsp3) is 0.273. The molecule has 3 aromatic rings. The fourth-order valence-corrected chi connectivity index (χ4v) is 3.18. The maximum atomic E-state index is 12.7. The highest BCUT2D eigenvalue weighted by atomic mass is 16.5. The van der Waals surface area contributed by atoms with Gasteiger partial charge in [0.15, 0.2) is 0 Å². The molecular formula is C22H25N3O3. The van der Waals surface area contributed by atoms with Crippen molar-refractivity contribution in [1.29, 1.82) is 0 Å². The normalized spacial score (nSPS) is 11.8. The first-order valence-corrected chi connectivity index (χ1v) is 9.09. The van der Waals surface area contributed by atoms with Crippen LogP contribution in [0.2, 0.25) is 0 Å². The van der Waals surface area contributed by atoms with E-state index in [2.05, 4.69) is 10.4 Å². The van der Waals surface area contributed by atoms with Gasteiger partial charge in [0, 0.05) is 22.9 Å².